The number of hydrogen-bond donors (Lipinski definition) is 2. The molecule has 8 nitrogen and oxygen atoms in total. The molecule has 1 atom stereocenters. The molecule has 10 heteroatoms. The fourth-order valence-corrected chi connectivity index (χ4v) is 5.55. The number of amides is 1. The maximum absolute atomic E-state index is 12.8. The third-order valence-corrected chi connectivity index (χ3v) is 7.45. The van der Waals surface area contributed by atoms with Crippen LogP contribution in [0.5, 0.6) is 0 Å². The van der Waals surface area contributed by atoms with Crippen molar-refractivity contribution in [3.63, 3.8) is 0 Å². The molecule has 156 valence electrons. The number of aromatic nitrogens is 3. The number of hydrogen-bond acceptors (Lipinski definition) is 8. The van der Waals surface area contributed by atoms with Crippen molar-refractivity contribution >= 4 is 34.0 Å². The van der Waals surface area contributed by atoms with Gasteiger partial charge in [0.15, 0.2) is 5.82 Å². The molecule has 3 aromatic rings. The van der Waals surface area contributed by atoms with Crippen molar-refractivity contribution in [2.24, 2.45) is 0 Å². The van der Waals surface area contributed by atoms with E-state index in [2.05, 4.69) is 21.6 Å². The van der Waals surface area contributed by atoms with Crippen molar-refractivity contribution in [1.29, 1.82) is 5.26 Å². The summed E-state index contributed by atoms with van der Waals surface area (Å²) in [6, 6.07) is 4.07. The highest BCUT2D eigenvalue weighted by molar-refractivity contribution is 8.00. The Kier molecular flexibility index (Phi) is 5.83. The number of nitrogens with zero attached hydrogens (tertiary/aromatic N) is 4. The van der Waals surface area contributed by atoms with E-state index in [4.69, 9.17) is 10.3 Å². The highest BCUT2D eigenvalue weighted by Gasteiger charge is 2.25. The summed E-state index contributed by atoms with van der Waals surface area (Å²) >= 11 is 2.74. The summed E-state index contributed by atoms with van der Waals surface area (Å²) in [5, 5.41) is 21.4. The largest absolute Gasteiger partial charge is 0.469 e. The maximum atomic E-state index is 12.8. The number of aryl methyl sites for hydroxylation is 2. The van der Waals surface area contributed by atoms with E-state index in [1.165, 1.54) is 39.1 Å². The van der Waals surface area contributed by atoms with Crippen LogP contribution in [0.15, 0.2) is 21.9 Å². The van der Waals surface area contributed by atoms with Crippen molar-refractivity contribution in [2.75, 3.05) is 11.2 Å². The van der Waals surface area contributed by atoms with Gasteiger partial charge in [0.05, 0.1) is 22.6 Å². The number of thiophene rings is 1. The molecule has 4 rings (SSSR count). The molecule has 30 heavy (non-hydrogen) atoms. The quantitative estimate of drug-likeness (QED) is 0.349. The van der Waals surface area contributed by atoms with Crippen LogP contribution in [-0.2, 0) is 17.6 Å². The molecule has 0 saturated carbocycles. The average molecular weight is 443 g/mol. The Hall–Kier alpha value is -2.77. The van der Waals surface area contributed by atoms with Crippen molar-refractivity contribution < 1.29 is 9.21 Å². The van der Waals surface area contributed by atoms with Crippen LogP contribution < -0.4 is 11.2 Å². The first-order valence-electron chi connectivity index (χ1n) is 9.76. The lowest BCUT2D eigenvalue weighted by Gasteiger charge is -2.11. The lowest BCUT2D eigenvalue weighted by atomic mass is 10.1. The predicted octanol–water partition coefficient (Wildman–Crippen LogP) is 3.88. The van der Waals surface area contributed by atoms with Crippen molar-refractivity contribution in [1.82, 2.24) is 14.9 Å². The predicted molar refractivity (Wildman–Crippen MR) is 117 cm³/mol. The number of nitrogen functional groups attached to an aromatic ring is 1. The summed E-state index contributed by atoms with van der Waals surface area (Å²) in [6.45, 7) is 3.60. The first-order valence-corrected chi connectivity index (χ1v) is 11.5. The van der Waals surface area contributed by atoms with Gasteiger partial charge in [-0.15, -0.1) is 21.5 Å². The summed E-state index contributed by atoms with van der Waals surface area (Å²) in [6.07, 6.45) is 6.84. The molecule has 1 aliphatic rings. The Morgan fingerprint density at radius 3 is 2.93 bits per heavy atom. The summed E-state index contributed by atoms with van der Waals surface area (Å²) in [5.41, 5.74) is 2.48. The fraction of sp³-hybridized carbons (Fsp3) is 0.400. The number of furan rings is 1. The van der Waals surface area contributed by atoms with Crippen LogP contribution in [0.25, 0.3) is 11.4 Å². The van der Waals surface area contributed by atoms with Crippen molar-refractivity contribution in [2.45, 2.75) is 56.4 Å². The van der Waals surface area contributed by atoms with Gasteiger partial charge < -0.3 is 15.6 Å². The zero-order chi connectivity index (χ0) is 21.3. The van der Waals surface area contributed by atoms with Crippen LogP contribution >= 0.6 is 23.1 Å². The Bertz CT molecular complexity index is 1120. The minimum absolute atomic E-state index is 0.197. The number of nitrogens with two attached hydrogens (primary N) is 1. The van der Waals surface area contributed by atoms with Gasteiger partial charge in [0, 0.05) is 4.88 Å². The number of nitriles is 1. The Balaban J connectivity index is 1.49. The van der Waals surface area contributed by atoms with E-state index in [1.807, 2.05) is 6.92 Å². The van der Waals surface area contributed by atoms with E-state index in [1.54, 1.807) is 19.3 Å². The lowest BCUT2D eigenvalue weighted by Crippen LogP contribution is -2.23. The van der Waals surface area contributed by atoms with Crippen LogP contribution in [0.2, 0.25) is 0 Å². The molecule has 0 radical (unpaired) electrons. The molecule has 1 unspecified atom stereocenters. The van der Waals surface area contributed by atoms with Gasteiger partial charge in [0.2, 0.25) is 11.1 Å². The van der Waals surface area contributed by atoms with E-state index < -0.39 is 5.25 Å². The highest BCUT2D eigenvalue weighted by Crippen LogP contribution is 2.37. The van der Waals surface area contributed by atoms with Crippen molar-refractivity contribution in [3.05, 3.63) is 34.1 Å². The topological polar surface area (TPSA) is 123 Å². The molecule has 0 bridgehead atoms. The van der Waals surface area contributed by atoms with Crippen LogP contribution in [0.4, 0.5) is 5.00 Å². The number of thioether (sulfide) groups is 1. The number of carbonyl (C=O) groups is 1. The Labute approximate surface area is 182 Å². The standard InChI is InChI=1S/C20H22N6O2S2/c1-11-13(8-9-28-11)17-24-25-20(26(17)22)29-12(2)18(27)23-19-15(10-21)14-6-4-3-5-7-16(14)30-19/h8-9,12H,3-7,22H2,1-2H3,(H,23,27). The molecule has 0 saturated heterocycles. The van der Waals surface area contributed by atoms with Gasteiger partial charge in [0.25, 0.3) is 0 Å². The minimum atomic E-state index is -0.469. The number of nitrogens with one attached hydrogen (secondary N) is 1. The van der Waals surface area contributed by atoms with E-state index in [0.717, 1.165) is 36.8 Å². The molecule has 0 aliphatic heterocycles. The lowest BCUT2D eigenvalue weighted by molar-refractivity contribution is -0.115. The minimum Gasteiger partial charge on any atom is -0.469 e. The van der Waals surface area contributed by atoms with E-state index in [9.17, 15) is 10.1 Å². The number of fused-ring (bicyclic) bond motifs is 1. The molecule has 3 N–H and O–H groups in total. The summed E-state index contributed by atoms with van der Waals surface area (Å²) in [5.74, 6) is 7.12. The van der Waals surface area contributed by atoms with Gasteiger partial charge in [-0.2, -0.15) is 5.26 Å². The zero-order valence-electron chi connectivity index (χ0n) is 16.8. The van der Waals surface area contributed by atoms with Gasteiger partial charge >= 0.3 is 0 Å². The van der Waals surface area contributed by atoms with Gasteiger partial charge in [-0.25, -0.2) is 4.68 Å². The van der Waals surface area contributed by atoms with Gasteiger partial charge in [0.1, 0.15) is 16.8 Å². The normalized spacial score (nSPS) is 14.6. The van der Waals surface area contributed by atoms with Crippen molar-refractivity contribution in [3.8, 4) is 17.5 Å². The molecular weight excluding hydrogens is 420 g/mol. The molecule has 0 fully saturated rings. The van der Waals surface area contributed by atoms with Gasteiger partial charge in [-0.1, -0.05) is 18.2 Å². The second-order valence-electron chi connectivity index (χ2n) is 7.20. The third kappa shape index (κ3) is 3.82. The van der Waals surface area contributed by atoms with Crippen LogP contribution in [0.1, 0.15) is 48.0 Å². The monoisotopic (exact) mass is 442 g/mol. The molecule has 0 spiro atoms. The molecular formula is C20H22N6O2S2. The first-order chi connectivity index (χ1) is 14.5. The van der Waals surface area contributed by atoms with E-state index in [-0.39, 0.29) is 5.91 Å². The summed E-state index contributed by atoms with van der Waals surface area (Å²) < 4.78 is 6.66. The first kappa shape index (κ1) is 20.5. The third-order valence-electron chi connectivity index (χ3n) is 5.19. The second kappa shape index (κ2) is 8.53. The Morgan fingerprint density at radius 1 is 1.40 bits per heavy atom. The van der Waals surface area contributed by atoms with Crippen LogP contribution in [-0.4, -0.2) is 26.0 Å². The second-order valence-corrected chi connectivity index (χ2v) is 9.61. The molecule has 1 aliphatic carbocycles. The average Bonchev–Trinajstić information content (AvgIpc) is 3.34. The number of carbonyl (C=O) groups excluding carboxylic acids is 1. The highest BCUT2D eigenvalue weighted by atomic mass is 32.2. The van der Waals surface area contributed by atoms with E-state index in [0.29, 0.717) is 27.3 Å². The van der Waals surface area contributed by atoms with Crippen LogP contribution in [0, 0.1) is 18.3 Å². The smallest absolute Gasteiger partial charge is 0.238 e. The summed E-state index contributed by atoms with van der Waals surface area (Å²) in [7, 11) is 0. The van der Waals surface area contributed by atoms with E-state index >= 15 is 0 Å². The molecule has 0 aromatic carbocycles. The molecule has 3 aromatic heterocycles. The number of rotatable bonds is 5. The Morgan fingerprint density at radius 2 is 2.20 bits per heavy atom. The SMILES string of the molecule is Cc1occc1-c1nnc(SC(C)C(=O)Nc2sc3c(c2C#N)CCCCC3)n1N. The fourth-order valence-electron chi connectivity index (χ4n) is 3.53. The van der Waals surface area contributed by atoms with Gasteiger partial charge in [-0.05, 0) is 51.2 Å². The number of anilines is 1. The van der Waals surface area contributed by atoms with Crippen LogP contribution in [0.3, 0.4) is 0 Å². The van der Waals surface area contributed by atoms with Gasteiger partial charge in [-0.3, -0.25) is 4.79 Å². The zero-order valence-corrected chi connectivity index (χ0v) is 18.4. The molecule has 1 amide bonds. The maximum Gasteiger partial charge on any atom is 0.238 e. The molecule has 3 heterocycles. The summed E-state index contributed by atoms with van der Waals surface area (Å²) in [4.78, 5) is 14.0.